The van der Waals surface area contributed by atoms with Gasteiger partial charge in [0.1, 0.15) is 0 Å². The summed E-state index contributed by atoms with van der Waals surface area (Å²) in [5, 5.41) is 9.69. The summed E-state index contributed by atoms with van der Waals surface area (Å²) >= 11 is 1.47. The Morgan fingerprint density at radius 2 is 2.08 bits per heavy atom. The number of carbonyl (C=O) groups is 1. The van der Waals surface area contributed by atoms with Gasteiger partial charge >= 0.3 is 0 Å². The number of hydrazone groups is 1. The first-order valence-corrected chi connectivity index (χ1v) is 9.18. The summed E-state index contributed by atoms with van der Waals surface area (Å²) in [6, 6.07) is 13.3. The highest BCUT2D eigenvalue weighted by Gasteiger charge is 2.05. The van der Waals surface area contributed by atoms with Crippen LogP contribution in [0.5, 0.6) is 0 Å². The molecule has 0 spiro atoms. The van der Waals surface area contributed by atoms with E-state index in [0.29, 0.717) is 11.6 Å². The summed E-state index contributed by atoms with van der Waals surface area (Å²) < 4.78 is 0. The molecule has 0 saturated carbocycles. The molecule has 3 rings (SSSR count). The number of nitrogens with zero attached hydrogens (tertiary/aromatic N) is 3. The van der Waals surface area contributed by atoms with Crippen molar-refractivity contribution in [2.45, 2.75) is 19.8 Å². The topological polar surface area (TPSA) is 79.3 Å². The van der Waals surface area contributed by atoms with Crippen molar-refractivity contribution in [1.29, 1.82) is 0 Å². The minimum Gasteiger partial charge on any atom is -0.326 e. The highest BCUT2D eigenvalue weighted by molar-refractivity contribution is 7.14. The van der Waals surface area contributed by atoms with Crippen LogP contribution in [0.4, 0.5) is 10.8 Å². The number of pyridine rings is 1. The van der Waals surface area contributed by atoms with Crippen molar-refractivity contribution in [1.82, 2.24) is 9.97 Å². The lowest BCUT2D eigenvalue weighted by molar-refractivity contribution is -0.116. The third-order valence-corrected chi connectivity index (χ3v) is 4.24. The van der Waals surface area contributed by atoms with Crippen LogP contribution in [0, 0.1) is 0 Å². The maximum atomic E-state index is 11.6. The van der Waals surface area contributed by atoms with Crippen molar-refractivity contribution in [2.75, 3.05) is 10.7 Å². The summed E-state index contributed by atoms with van der Waals surface area (Å²) in [5.41, 5.74) is 6.32. The van der Waals surface area contributed by atoms with Gasteiger partial charge in [0.25, 0.3) is 0 Å². The molecular formula is C19H19N5OS. The molecule has 2 heterocycles. The van der Waals surface area contributed by atoms with Crippen LogP contribution in [-0.2, 0) is 4.79 Å². The third-order valence-electron chi connectivity index (χ3n) is 3.49. The van der Waals surface area contributed by atoms with Gasteiger partial charge in [-0.15, -0.1) is 11.3 Å². The van der Waals surface area contributed by atoms with E-state index in [9.17, 15) is 4.79 Å². The molecule has 0 saturated heterocycles. The van der Waals surface area contributed by atoms with Gasteiger partial charge < -0.3 is 5.32 Å². The van der Waals surface area contributed by atoms with Crippen molar-refractivity contribution >= 4 is 34.3 Å². The van der Waals surface area contributed by atoms with Crippen molar-refractivity contribution in [3.8, 4) is 11.3 Å². The summed E-state index contributed by atoms with van der Waals surface area (Å²) in [5.74, 6) is 0.0335. The Balaban J connectivity index is 1.60. The summed E-state index contributed by atoms with van der Waals surface area (Å²) in [6.07, 6.45) is 4.73. The second kappa shape index (κ2) is 8.87. The lowest BCUT2D eigenvalue weighted by Gasteiger charge is -2.04. The number of thiazole rings is 1. The Hall–Kier alpha value is -3.06. The number of benzene rings is 1. The summed E-state index contributed by atoms with van der Waals surface area (Å²) in [6.45, 7) is 1.98. The molecule has 2 aromatic heterocycles. The fourth-order valence-corrected chi connectivity index (χ4v) is 2.91. The standard InChI is InChI=1S/C19H19N5OS/c1-2-5-18(25)22-15-9-7-14(8-10-15)17-13-26-19(23-17)24-21-12-16-6-3-4-11-20-16/h3-4,6-13H,2,5H2,1H3,(H,22,25)(H,23,24)/b21-12-. The van der Waals surface area contributed by atoms with Gasteiger partial charge in [-0.25, -0.2) is 4.98 Å². The Morgan fingerprint density at radius 3 is 2.81 bits per heavy atom. The Kier molecular flexibility index (Phi) is 6.05. The Labute approximate surface area is 156 Å². The lowest BCUT2D eigenvalue weighted by atomic mass is 10.1. The summed E-state index contributed by atoms with van der Waals surface area (Å²) in [4.78, 5) is 20.3. The van der Waals surface area contributed by atoms with E-state index in [1.54, 1.807) is 12.4 Å². The van der Waals surface area contributed by atoms with Crippen molar-refractivity contribution in [2.24, 2.45) is 5.10 Å². The highest BCUT2D eigenvalue weighted by Crippen LogP contribution is 2.26. The zero-order chi connectivity index (χ0) is 18.2. The van der Waals surface area contributed by atoms with E-state index in [2.05, 4.69) is 25.8 Å². The molecule has 132 valence electrons. The van der Waals surface area contributed by atoms with Crippen LogP contribution in [0.1, 0.15) is 25.5 Å². The Bertz CT molecular complexity index is 874. The van der Waals surface area contributed by atoms with Crippen LogP contribution < -0.4 is 10.7 Å². The molecule has 0 aliphatic carbocycles. The van der Waals surface area contributed by atoms with Gasteiger partial charge in [0.05, 0.1) is 17.6 Å². The normalized spacial score (nSPS) is 10.8. The van der Waals surface area contributed by atoms with Crippen LogP contribution >= 0.6 is 11.3 Å². The maximum Gasteiger partial charge on any atom is 0.224 e. The van der Waals surface area contributed by atoms with Gasteiger partial charge in [0, 0.05) is 29.2 Å². The van der Waals surface area contributed by atoms with Crippen molar-refractivity contribution < 1.29 is 4.79 Å². The largest absolute Gasteiger partial charge is 0.326 e. The van der Waals surface area contributed by atoms with Gasteiger partial charge in [-0.1, -0.05) is 25.1 Å². The van der Waals surface area contributed by atoms with Gasteiger partial charge in [-0.05, 0) is 30.7 Å². The number of carbonyl (C=O) groups excluding carboxylic acids is 1. The fraction of sp³-hybridized carbons (Fsp3) is 0.158. The van der Waals surface area contributed by atoms with Gasteiger partial charge in [0.15, 0.2) is 0 Å². The van der Waals surface area contributed by atoms with E-state index in [0.717, 1.165) is 29.1 Å². The molecule has 0 aliphatic rings. The van der Waals surface area contributed by atoms with Crippen LogP contribution in [0.25, 0.3) is 11.3 Å². The van der Waals surface area contributed by atoms with Crippen LogP contribution in [0.2, 0.25) is 0 Å². The molecule has 2 N–H and O–H groups in total. The second-order valence-electron chi connectivity index (χ2n) is 5.54. The molecule has 0 unspecified atom stereocenters. The molecule has 7 heteroatoms. The first kappa shape index (κ1) is 17.8. The van der Waals surface area contributed by atoms with E-state index in [4.69, 9.17) is 0 Å². The monoisotopic (exact) mass is 365 g/mol. The lowest BCUT2D eigenvalue weighted by Crippen LogP contribution is -2.10. The zero-order valence-corrected chi connectivity index (χ0v) is 15.2. The van der Waals surface area contributed by atoms with Crippen LogP contribution in [0.15, 0.2) is 59.1 Å². The maximum absolute atomic E-state index is 11.6. The quantitative estimate of drug-likeness (QED) is 0.481. The van der Waals surface area contributed by atoms with E-state index in [1.807, 2.05) is 54.8 Å². The first-order valence-electron chi connectivity index (χ1n) is 8.30. The number of aromatic nitrogens is 2. The fourth-order valence-electron chi connectivity index (χ4n) is 2.24. The van der Waals surface area contributed by atoms with E-state index in [1.165, 1.54) is 11.3 Å². The van der Waals surface area contributed by atoms with Gasteiger partial charge in [-0.3, -0.25) is 15.2 Å². The number of hydrogen-bond acceptors (Lipinski definition) is 6. The smallest absolute Gasteiger partial charge is 0.224 e. The molecule has 0 atom stereocenters. The van der Waals surface area contributed by atoms with Crippen LogP contribution in [-0.4, -0.2) is 22.1 Å². The van der Waals surface area contributed by atoms with E-state index >= 15 is 0 Å². The molecular weight excluding hydrogens is 346 g/mol. The first-order chi connectivity index (χ1) is 12.7. The summed E-state index contributed by atoms with van der Waals surface area (Å²) in [7, 11) is 0. The number of hydrogen-bond donors (Lipinski definition) is 2. The minimum atomic E-state index is 0.0335. The highest BCUT2D eigenvalue weighted by atomic mass is 32.1. The van der Waals surface area contributed by atoms with E-state index in [-0.39, 0.29) is 5.91 Å². The van der Waals surface area contributed by atoms with Crippen molar-refractivity contribution in [3.63, 3.8) is 0 Å². The second-order valence-corrected chi connectivity index (χ2v) is 6.40. The van der Waals surface area contributed by atoms with Gasteiger partial charge in [0.2, 0.25) is 11.0 Å². The van der Waals surface area contributed by atoms with Crippen molar-refractivity contribution in [3.05, 3.63) is 59.7 Å². The molecule has 0 radical (unpaired) electrons. The molecule has 6 nitrogen and oxygen atoms in total. The molecule has 26 heavy (non-hydrogen) atoms. The SMILES string of the molecule is CCCC(=O)Nc1ccc(-c2csc(N/N=C\c3ccccn3)n2)cc1. The number of amides is 1. The molecule has 1 amide bonds. The predicted octanol–water partition coefficient (Wildman–Crippen LogP) is 4.39. The molecule has 0 aliphatic heterocycles. The minimum absolute atomic E-state index is 0.0335. The number of anilines is 2. The molecule has 0 bridgehead atoms. The predicted molar refractivity (Wildman–Crippen MR) is 107 cm³/mol. The van der Waals surface area contributed by atoms with Gasteiger partial charge in [-0.2, -0.15) is 5.10 Å². The molecule has 1 aromatic carbocycles. The number of rotatable bonds is 7. The van der Waals surface area contributed by atoms with Crippen LogP contribution in [0.3, 0.4) is 0 Å². The molecule has 0 fully saturated rings. The Morgan fingerprint density at radius 1 is 1.23 bits per heavy atom. The third kappa shape index (κ3) is 4.97. The average Bonchev–Trinajstić information content (AvgIpc) is 3.12. The zero-order valence-electron chi connectivity index (χ0n) is 14.3. The van der Waals surface area contributed by atoms with E-state index < -0.39 is 0 Å². The molecule has 3 aromatic rings. The average molecular weight is 365 g/mol. The number of nitrogens with one attached hydrogen (secondary N) is 2.